The van der Waals surface area contributed by atoms with Gasteiger partial charge in [0.2, 0.25) is 0 Å². The highest BCUT2D eigenvalue weighted by atomic mass is 19.4. The molecule has 0 aromatic heterocycles. The minimum absolute atomic E-state index is 0.121. The van der Waals surface area contributed by atoms with Gasteiger partial charge in [0.15, 0.2) is 0 Å². The number of hydrogen-bond donors (Lipinski definition) is 2. The van der Waals surface area contributed by atoms with E-state index >= 15 is 0 Å². The van der Waals surface area contributed by atoms with E-state index < -0.39 is 11.7 Å². The third-order valence-corrected chi connectivity index (χ3v) is 4.42. The predicted octanol–water partition coefficient (Wildman–Crippen LogP) is 5.39. The first-order valence-corrected chi connectivity index (χ1v) is 10.0. The van der Waals surface area contributed by atoms with Crippen LogP contribution in [0, 0.1) is 0 Å². The second kappa shape index (κ2) is 12.5. The summed E-state index contributed by atoms with van der Waals surface area (Å²) in [5.41, 5.74) is 0.694. The number of alkyl halides is 3. The van der Waals surface area contributed by atoms with E-state index in [2.05, 4.69) is 48.1 Å². The zero-order chi connectivity index (χ0) is 21.9. The number of rotatable bonds is 12. The Balaban J connectivity index is 2.62. The van der Waals surface area contributed by atoms with Gasteiger partial charge in [-0.3, -0.25) is 10.2 Å². The molecule has 1 aromatic rings. The Hall–Kier alpha value is -2.05. The fourth-order valence-electron chi connectivity index (χ4n) is 3.20. The molecule has 6 heteroatoms. The normalized spacial score (nSPS) is 15.3. The Labute approximate surface area is 173 Å². The monoisotopic (exact) mass is 409 g/mol. The highest BCUT2D eigenvalue weighted by Gasteiger charge is 2.34. The average Bonchev–Trinajstić information content (AvgIpc) is 2.64. The first-order valence-electron chi connectivity index (χ1n) is 10.0. The van der Waals surface area contributed by atoms with Gasteiger partial charge in [-0.2, -0.15) is 13.2 Å². The van der Waals surface area contributed by atoms with Crippen molar-refractivity contribution < 1.29 is 13.2 Å². The van der Waals surface area contributed by atoms with E-state index in [0.29, 0.717) is 0 Å². The van der Waals surface area contributed by atoms with Gasteiger partial charge in [-0.15, -0.1) is 0 Å². The topological polar surface area (TPSA) is 27.3 Å². The third kappa shape index (κ3) is 9.81. The second-order valence-electron chi connectivity index (χ2n) is 7.32. The molecule has 0 fully saturated rings. The van der Waals surface area contributed by atoms with Gasteiger partial charge in [0.1, 0.15) is 0 Å². The number of benzene rings is 1. The molecule has 0 aliphatic rings. The molecule has 0 saturated heterocycles. The van der Waals surface area contributed by atoms with Crippen molar-refractivity contribution in [3.8, 4) is 0 Å². The van der Waals surface area contributed by atoms with Gasteiger partial charge in [0.05, 0.1) is 11.7 Å². The fourth-order valence-corrected chi connectivity index (χ4v) is 3.20. The minimum atomic E-state index is -4.40. The van der Waals surface area contributed by atoms with Crippen LogP contribution in [-0.4, -0.2) is 36.4 Å². The van der Waals surface area contributed by atoms with Crippen molar-refractivity contribution in [1.82, 2.24) is 15.5 Å². The number of nitrogens with one attached hydrogen (secondary N) is 2. The summed E-state index contributed by atoms with van der Waals surface area (Å²) in [6.07, 6.45) is 0.0303. The van der Waals surface area contributed by atoms with Crippen LogP contribution in [0.25, 0.3) is 0 Å². The Morgan fingerprint density at radius 3 is 2.41 bits per heavy atom. The summed E-state index contributed by atoms with van der Waals surface area (Å²) in [6.45, 7) is 13.7. The van der Waals surface area contributed by atoms with Gasteiger partial charge in [0, 0.05) is 25.3 Å². The maximum Gasteiger partial charge on any atom is 0.416 e. The molecule has 0 amide bonds. The molecular weight excluding hydrogens is 375 g/mol. The summed E-state index contributed by atoms with van der Waals surface area (Å²) >= 11 is 0. The predicted molar refractivity (Wildman–Crippen MR) is 115 cm³/mol. The van der Waals surface area contributed by atoms with E-state index in [4.69, 9.17) is 0 Å². The van der Waals surface area contributed by atoms with Crippen molar-refractivity contribution >= 4 is 0 Å². The number of hydrogen-bond acceptors (Lipinski definition) is 3. The first-order chi connectivity index (χ1) is 13.7. The molecule has 29 heavy (non-hydrogen) atoms. The van der Waals surface area contributed by atoms with Crippen molar-refractivity contribution in [1.29, 1.82) is 0 Å². The lowest BCUT2D eigenvalue weighted by molar-refractivity contribution is -0.0893. The molecule has 0 radical (unpaired) electrons. The van der Waals surface area contributed by atoms with Gasteiger partial charge in [-0.1, -0.05) is 56.0 Å². The zero-order valence-electron chi connectivity index (χ0n) is 17.9. The molecule has 0 aliphatic carbocycles. The highest BCUT2D eigenvalue weighted by molar-refractivity contribution is 5.35. The molecular formula is C23H34F3N3. The van der Waals surface area contributed by atoms with E-state index in [9.17, 15) is 13.2 Å². The Bertz CT molecular complexity index is 666. The van der Waals surface area contributed by atoms with Crippen LogP contribution in [0.1, 0.15) is 39.7 Å². The molecule has 162 valence electrons. The number of nitrogens with zero attached hydrogens (tertiary/aromatic N) is 1. The minimum Gasteiger partial charge on any atom is -0.376 e. The molecule has 0 heterocycles. The largest absolute Gasteiger partial charge is 0.416 e. The SMILES string of the molecule is C=C/C=C(\C(C)=C\NC(C)N[C@@H](C)CN(CCC)Cc1ccccc1)C(F)(F)F. The maximum atomic E-state index is 13.1. The van der Waals surface area contributed by atoms with Gasteiger partial charge >= 0.3 is 6.18 Å². The molecule has 1 aromatic carbocycles. The van der Waals surface area contributed by atoms with E-state index in [1.165, 1.54) is 18.7 Å². The fraction of sp³-hybridized carbons (Fsp3) is 0.478. The summed E-state index contributed by atoms with van der Waals surface area (Å²) in [7, 11) is 0. The van der Waals surface area contributed by atoms with Gasteiger partial charge in [-0.25, -0.2) is 0 Å². The van der Waals surface area contributed by atoms with Crippen molar-refractivity contribution in [2.75, 3.05) is 13.1 Å². The summed E-state index contributed by atoms with van der Waals surface area (Å²) in [6, 6.07) is 10.5. The van der Waals surface area contributed by atoms with Crippen LogP contribution in [0.3, 0.4) is 0 Å². The van der Waals surface area contributed by atoms with Crippen LogP contribution in [0.15, 0.2) is 66.4 Å². The van der Waals surface area contributed by atoms with Crippen LogP contribution in [-0.2, 0) is 6.54 Å². The first kappa shape index (κ1) is 25.0. The molecule has 1 rings (SSSR count). The summed E-state index contributed by atoms with van der Waals surface area (Å²) in [4.78, 5) is 2.38. The summed E-state index contributed by atoms with van der Waals surface area (Å²) in [5.74, 6) is 0. The standard InChI is InChI=1S/C23H34F3N3/c1-6-11-22(23(24,25)26)18(3)15-27-20(5)28-19(4)16-29(14-7-2)17-21-12-9-8-10-13-21/h6,8-13,15,19-20,27-28H,1,7,14,16-17H2,2-5H3/b18-15+,22-11+/t19-,20?/m0/s1. The van der Waals surface area contributed by atoms with E-state index in [1.54, 1.807) is 0 Å². The highest BCUT2D eigenvalue weighted by Crippen LogP contribution is 2.30. The van der Waals surface area contributed by atoms with Crippen LogP contribution in [0.2, 0.25) is 0 Å². The average molecular weight is 410 g/mol. The lowest BCUT2D eigenvalue weighted by Gasteiger charge is -2.28. The van der Waals surface area contributed by atoms with Crippen molar-refractivity contribution in [3.63, 3.8) is 0 Å². The van der Waals surface area contributed by atoms with E-state index in [-0.39, 0.29) is 17.8 Å². The summed E-state index contributed by atoms with van der Waals surface area (Å²) in [5, 5.41) is 6.41. The molecule has 0 saturated carbocycles. The number of halogens is 3. The molecule has 3 nitrogen and oxygen atoms in total. The lowest BCUT2D eigenvalue weighted by atomic mass is 10.1. The van der Waals surface area contributed by atoms with Crippen LogP contribution in [0.4, 0.5) is 13.2 Å². The van der Waals surface area contributed by atoms with E-state index in [1.807, 2.05) is 25.1 Å². The molecule has 0 aliphatic heterocycles. The van der Waals surface area contributed by atoms with Gasteiger partial charge in [-0.05, 0) is 44.9 Å². The lowest BCUT2D eigenvalue weighted by Crippen LogP contribution is -2.47. The number of allylic oxidation sites excluding steroid dienone is 4. The zero-order valence-corrected chi connectivity index (χ0v) is 17.9. The van der Waals surface area contributed by atoms with Crippen LogP contribution in [0.5, 0.6) is 0 Å². The second-order valence-corrected chi connectivity index (χ2v) is 7.32. The van der Waals surface area contributed by atoms with Crippen molar-refractivity contribution in [2.45, 2.75) is 59.0 Å². The quantitative estimate of drug-likeness (QED) is 0.358. The Kier molecular flexibility index (Phi) is 10.8. The van der Waals surface area contributed by atoms with Crippen molar-refractivity contribution in [3.05, 3.63) is 72.0 Å². The summed E-state index contributed by atoms with van der Waals surface area (Å²) < 4.78 is 39.2. The smallest absolute Gasteiger partial charge is 0.376 e. The van der Waals surface area contributed by atoms with Crippen molar-refractivity contribution in [2.24, 2.45) is 0 Å². The van der Waals surface area contributed by atoms with Gasteiger partial charge in [0.25, 0.3) is 0 Å². The Morgan fingerprint density at radius 2 is 1.86 bits per heavy atom. The van der Waals surface area contributed by atoms with Crippen LogP contribution >= 0.6 is 0 Å². The van der Waals surface area contributed by atoms with E-state index in [0.717, 1.165) is 38.2 Å². The third-order valence-electron chi connectivity index (χ3n) is 4.42. The molecule has 2 atom stereocenters. The molecule has 0 bridgehead atoms. The van der Waals surface area contributed by atoms with Gasteiger partial charge < -0.3 is 5.32 Å². The molecule has 0 spiro atoms. The maximum absolute atomic E-state index is 13.1. The molecule has 2 N–H and O–H groups in total. The molecule has 1 unspecified atom stereocenters. The Morgan fingerprint density at radius 1 is 1.21 bits per heavy atom. The van der Waals surface area contributed by atoms with Crippen LogP contribution < -0.4 is 10.6 Å².